The normalized spacial score (nSPS) is 30.4. The molecule has 0 saturated carbocycles. The lowest BCUT2D eigenvalue weighted by atomic mass is 9.84. The zero-order valence-corrected chi connectivity index (χ0v) is 15.0. The van der Waals surface area contributed by atoms with E-state index >= 15 is 0 Å². The number of rotatable bonds is 4. The Balaban J connectivity index is 2.46. The van der Waals surface area contributed by atoms with E-state index in [4.69, 9.17) is 0 Å². The maximum absolute atomic E-state index is 12.7. The fourth-order valence-electron chi connectivity index (χ4n) is 3.48. The van der Waals surface area contributed by atoms with Gasteiger partial charge in [0.05, 0.1) is 11.9 Å². The van der Waals surface area contributed by atoms with E-state index < -0.39 is 12.1 Å². The smallest absolute Gasteiger partial charge is 0.251 e. The molecule has 2 aliphatic heterocycles. The molecule has 130 valence electrons. The number of hydrogen-bond acceptors (Lipinski definition) is 6. The second kappa shape index (κ2) is 7.19. The summed E-state index contributed by atoms with van der Waals surface area (Å²) in [7, 11) is 3.30. The third kappa shape index (κ3) is 3.39. The predicted octanol–water partition coefficient (Wildman–Crippen LogP) is -0.174. The number of hydrogen-bond donors (Lipinski definition) is 2. The number of carbonyl (C=O) groups excluding carboxylic acids is 3. The molecule has 2 aliphatic rings. The van der Waals surface area contributed by atoms with Crippen LogP contribution in [0, 0.1) is 5.41 Å². The summed E-state index contributed by atoms with van der Waals surface area (Å²) in [6, 6.07) is -0.985. The first-order chi connectivity index (χ1) is 10.9. The van der Waals surface area contributed by atoms with Crippen LogP contribution >= 0.6 is 11.8 Å². The monoisotopic (exact) mass is 342 g/mol. The molecule has 2 fully saturated rings. The van der Waals surface area contributed by atoms with Crippen molar-refractivity contribution in [3.05, 3.63) is 0 Å². The van der Waals surface area contributed by atoms with E-state index in [2.05, 4.69) is 10.6 Å². The van der Waals surface area contributed by atoms with Gasteiger partial charge in [-0.15, -0.1) is 11.8 Å². The molecule has 0 spiro atoms. The number of hydrazine groups is 1. The number of fused-ring (bicyclic) bond motifs is 1. The highest BCUT2D eigenvalue weighted by molar-refractivity contribution is 7.99. The summed E-state index contributed by atoms with van der Waals surface area (Å²) in [6.07, 6.45) is 2.23. The standard InChI is InChI=1S/C15H26N4O3S/c1-15(2)7-12-19(13(15)14(22)17-4)18(11(21)8-16-3)10(9-20)5-6-23-12/h9-10,12-13,16H,5-8H2,1-4H3,(H,17,22)/t10-,12?,13+/m0/s1. The van der Waals surface area contributed by atoms with Crippen LogP contribution < -0.4 is 10.6 Å². The zero-order valence-electron chi connectivity index (χ0n) is 14.2. The molecule has 0 aromatic heterocycles. The van der Waals surface area contributed by atoms with Gasteiger partial charge in [0, 0.05) is 7.05 Å². The summed E-state index contributed by atoms with van der Waals surface area (Å²) >= 11 is 1.72. The van der Waals surface area contributed by atoms with E-state index in [9.17, 15) is 14.4 Å². The van der Waals surface area contributed by atoms with E-state index in [0.29, 0.717) is 6.42 Å². The predicted molar refractivity (Wildman–Crippen MR) is 89.6 cm³/mol. The summed E-state index contributed by atoms with van der Waals surface area (Å²) in [5.41, 5.74) is -0.277. The van der Waals surface area contributed by atoms with Gasteiger partial charge in [0.15, 0.2) is 0 Å². The molecule has 2 saturated heterocycles. The van der Waals surface area contributed by atoms with Crippen LogP contribution in [-0.4, -0.2) is 72.0 Å². The summed E-state index contributed by atoms with van der Waals surface area (Å²) in [5.74, 6) is 0.500. The third-order valence-corrected chi connectivity index (χ3v) is 5.76. The quantitative estimate of drug-likeness (QED) is 0.690. The number of nitrogens with zero attached hydrogens (tertiary/aromatic N) is 2. The van der Waals surface area contributed by atoms with E-state index in [-0.39, 0.29) is 29.1 Å². The summed E-state index contributed by atoms with van der Waals surface area (Å²) in [5, 5.41) is 8.97. The number of nitrogens with one attached hydrogen (secondary N) is 2. The molecule has 8 heteroatoms. The van der Waals surface area contributed by atoms with Gasteiger partial charge in [-0.05, 0) is 31.1 Å². The van der Waals surface area contributed by atoms with Crippen molar-refractivity contribution in [2.45, 2.75) is 44.1 Å². The van der Waals surface area contributed by atoms with Crippen LogP contribution in [0.2, 0.25) is 0 Å². The maximum Gasteiger partial charge on any atom is 0.251 e. The molecule has 2 heterocycles. The number of aldehydes is 1. The Morgan fingerprint density at radius 1 is 1.35 bits per heavy atom. The van der Waals surface area contributed by atoms with Gasteiger partial charge in [0.2, 0.25) is 5.91 Å². The minimum absolute atomic E-state index is 0.0260. The summed E-state index contributed by atoms with van der Waals surface area (Å²) in [6.45, 7) is 4.22. The Kier molecular flexibility index (Phi) is 5.70. The highest BCUT2D eigenvalue weighted by Crippen LogP contribution is 2.47. The zero-order chi connectivity index (χ0) is 17.2. The number of amides is 2. The summed E-state index contributed by atoms with van der Waals surface area (Å²) in [4.78, 5) is 36.7. The van der Waals surface area contributed by atoms with Crippen LogP contribution in [0.4, 0.5) is 0 Å². The van der Waals surface area contributed by atoms with Crippen molar-refractivity contribution in [3.8, 4) is 0 Å². The molecular formula is C15H26N4O3S. The average Bonchev–Trinajstić information content (AvgIpc) is 2.65. The fourth-order valence-corrected chi connectivity index (χ4v) is 5.05. The van der Waals surface area contributed by atoms with Gasteiger partial charge in [-0.3, -0.25) is 14.6 Å². The highest BCUT2D eigenvalue weighted by atomic mass is 32.2. The third-order valence-electron chi connectivity index (χ3n) is 4.52. The van der Waals surface area contributed by atoms with Gasteiger partial charge < -0.3 is 15.4 Å². The van der Waals surface area contributed by atoms with Gasteiger partial charge in [-0.2, -0.15) is 5.01 Å². The topological polar surface area (TPSA) is 81.8 Å². The molecular weight excluding hydrogens is 316 g/mol. The summed E-state index contributed by atoms with van der Waals surface area (Å²) < 4.78 is 0. The minimum Gasteiger partial charge on any atom is -0.358 e. The van der Waals surface area contributed by atoms with E-state index in [1.165, 1.54) is 5.01 Å². The van der Waals surface area contributed by atoms with Crippen molar-refractivity contribution < 1.29 is 14.4 Å². The first-order valence-corrected chi connectivity index (χ1v) is 8.95. The van der Waals surface area contributed by atoms with Crippen LogP contribution in [0.15, 0.2) is 0 Å². The first-order valence-electron chi connectivity index (χ1n) is 7.90. The van der Waals surface area contributed by atoms with E-state index in [1.54, 1.807) is 25.9 Å². The maximum atomic E-state index is 12.7. The molecule has 3 atom stereocenters. The number of carbonyl (C=O) groups is 3. The van der Waals surface area contributed by atoms with Crippen LogP contribution in [-0.2, 0) is 14.4 Å². The lowest BCUT2D eigenvalue weighted by Crippen LogP contribution is -2.61. The van der Waals surface area contributed by atoms with Crippen LogP contribution in [0.1, 0.15) is 26.7 Å². The number of thioether (sulfide) groups is 1. The van der Waals surface area contributed by atoms with Crippen molar-refractivity contribution in [3.63, 3.8) is 0 Å². The average molecular weight is 342 g/mol. The lowest BCUT2D eigenvalue weighted by molar-refractivity contribution is -0.165. The van der Waals surface area contributed by atoms with Crippen LogP contribution in [0.25, 0.3) is 0 Å². The van der Waals surface area contributed by atoms with Gasteiger partial charge in [0.1, 0.15) is 18.4 Å². The molecule has 2 N–H and O–H groups in total. The highest BCUT2D eigenvalue weighted by Gasteiger charge is 2.55. The largest absolute Gasteiger partial charge is 0.358 e. The first kappa shape index (κ1) is 18.2. The molecule has 2 amide bonds. The Morgan fingerprint density at radius 3 is 2.61 bits per heavy atom. The van der Waals surface area contributed by atoms with Crippen molar-refractivity contribution in [1.82, 2.24) is 20.7 Å². The van der Waals surface area contributed by atoms with Crippen molar-refractivity contribution >= 4 is 29.9 Å². The Morgan fingerprint density at radius 2 is 2.04 bits per heavy atom. The van der Waals surface area contributed by atoms with Gasteiger partial charge >= 0.3 is 0 Å². The SMILES string of the molecule is CNCC(=O)N1[C@H](C=O)CCSC2CC(C)(C)[C@@H](C(=O)NC)N21. The van der Waals surface area contributed by atoms with Crippen molar-refractivity contribution in [1.29, 1.82) is 0 Å². The van der Waals surface area contributed by atoms with Crippen molar-refractivity contribution in [2.24, 2.45) is 5.41 Å². The molecule has 23 heavy (non-hydrogen) atoms. The van der Waals surface area contributed by atoms with Gasteiger partial charge in [-0.25, -0.2) is 0 Å². The lowest BCUT2D eigenvalue weighted by Gasteiger charge is -2.41. The molecule has 7 nitrogen and oxygen atoms in total. The number of likely N-dealkylation sites (N-methyl/N-ethyl adjacent to an activating group) is 2. The van der Waals surface area contributed by atoms with E-state index in [1.807, 2.05) is 18.9 Å². The van der Waals surface area contributed by atoms with Gasteiger partial charge in [-0.1, -0.05) is 13.8 Å². The van der Waals surface area contributed by atoms with Crippen LogP contribution in [0.3, 0.4) is 0 Å². The van der Waals surface area contributed by atoms with Crippen molar-refractivity contribution in [2.75, 3.05) is 26.4 Å². The van der Waals surface area contributed by atoms with E-state index in [0.717, 1.165) is 18.5 Å². The molecule has 0 aromatic carbocycles. The minimum atomic E-state index is -0.519. The van der Waals surface area contributed by atoms with Gasteiger partial charge in [0.25, 0.3) is 5.91 Å². The molecule has 0 bridgehead atoms. The Bertz CT molecular complexity index is 485. The molecule has 0 aliphatic carbocycles. The Labute approximate surface area is 141 Å². The Hall–Kier alpha value is -1.12. The molecule has 0 aromatic rings. The second-order valence-electron chi connectivity index (χ2n) is 6.68. The molecule has 0 radical (unpaired) electrons. The fraction of sp³-hybridized carbons (Fsp3) is 0.800. The van der Waals surface area contributed by atoms with Crippen LogP contribution in [0.5, 0.6) is 0 Å². The second-order valence-corrected chi connectivity index (χ2v) is 7.96. The molecule has 2 rings (SSSR count). The molecule has 1 unspecified atom stereocenters.